The molecule has 7 heteroatoms. The smallest absolute Gasteiger partial charge is 0.359 e. The fraction of sp³-hybridized carbons (Fsp3) is 0.227. The Morgan fingerprint density at radius 3 is 2.52 bits per heavy atom. The second-order valence-electron chi connectivity index (χ2n) is 6.73. The van der Waals surface area contributed by atoms with E-state index in [1.807, 2.05) is 30.3 Å². The average Bonchev–Trinajstić information content (AvgIpc) is 3.13. The fourth-order valence-electron chi connectivity index (χ4n) is 3.51. The maximum atomic E-state index is 12.9. The first-order valence-corrected chi connectivity index (χ1v) is 9.84. The molecule has 0 bridgehead atoms. The zero-order valence-electron chi connectivity index (χ0n) is 16.0. The van der Waals surface area contributed by atoms with E-state index >= 15 is 0 Å². The van der Waals surface area contributed by atoms with Gasteiger partial charge in [0, 0.05) is 29.1 Å². The van der Waals surface area contributed by atoms with E-state index in [1.165, 1.54) is 0 Å². The topological polar surface area (TPSA) is 64.4 Å². The zero-order chi connectivity index (χ0) is 20.4. The number of carbonyl (C=O) groups excluding carboxylic acids is 2. The molecule has 6 nitrogen and oxygen atoms in total. The molecule has 0 N–H and O–H groups in total. The molecule has 3 aromatic rings. The third-order valence-corrected chi connectivity index (χ3v) is 5.16. The first kappa shape index (κ1) is 19.2. The van der Waals surface area contributed by atoms with Gasteiger partial charge in [0.15, 0.2) is 5.69 Å². The van der Waals surface area contributed by atoms with Gasteiger partial charge in [-0.25, -0.2) is 9.48 Å². The molecule has 0 spiro atoms. The molecule has 2 heterocycles. The van der Waals surface area contributed by atoms with Gasteiger partial charge < -0.3 is 9.64 Å². The number of aromatic nitrogens is 2. The Labute approximate surface area is 173 Å². The van der Waals surface area contributed by atoms with E-state index in [0.717, 1.165) is 16.9 Å². The summed E-state index contributed by atoms with van der Waals surface area (Å²) < 4.78 is 6.99. The third-order valence-electron chi connectivity index (χ3n) is 4.91. The monoisotopic (exact) mass is 409 g/mol. The molecule has 148 valence electrons. The van der Waals surface area contributed by atoms with Gasteiger partial charge in [0.2, 0.25) is 0 Å². The van der Waals surface area contributed by atoms with Gasteiger partial charge >= 0.3 is 5.97 Å². The van der Waals surface area contributed by atoms with E-state index < -0.39 is 5.97 Å². The van der Waals surface area contributed by atoms with Crippen LogP contribution < -0.4 is 0 Å². The summed E-state index contributed by atoms with van der Waals surface area (Å²) in [4.78, 5) is 27.2. The van der Waals surface area contributed by atoms with Crippen LogP contribution in [0.15, 0.2) is 54.6 Å². The number of para-hydroxylation sites is 1. The number of amides is 1. The van der Waals surface area contributed by atoms with E-state index in [2.05, 4.69) is 5.10 Å². The highest BCUT2D eigenvalue weighted by atomic mass is 35.5. The van der Waals surface area contributed by atoms with Crippen molar-refractivity contribution in [2.45, 2.75) is 19.9 Å². The van der Waals surface area contributed by atoms with Crippen LogP contribution in [0.2, 0.25) is 5.02 Å². The van der Waals surface area contributed by atoms with Gasteiger partial charge in [-0.2, -0.15) is 5.10 Å². The number of nitrogens with zero attached hydrogens (tertiary/aromatic N) is 3. The minimum absolute atomic E-state index is 0.102. The molecule has 0 saturated heterocycles. The lowest BCUT2D eigenvalue weighted by molar-refractivity contribution is 0.0513. The number of halogens is 1. The van der Waals surface area contributed by atoms with Gasteiger partial charge in [-0.05, 0) is 43.3 Å². The molecule has 0 atom stereocenters. The summed E-state index contributed by atoms with van der Waals surface area (Å²) in [7, 11) is 0. The number of carbonyl (C=O) groups is 2. The van der Waals surface area contributed by atoms with Gasteiger partial charge in [0.25, 0.3) is 5.91 Å². The van der Waals surface area contributed by atoms with Crippen LogP contribution in [0, 0.1) is 0 Å². The molecule has 1 aromatic heterocycles. The predicted molar refractivity (Wildman–Crippen MR) is 109 cm³/mol. The summed E-state index contributed by atoms with van der Waals surface area (Å²) >= 11 is 5.93. The molecule has 1 amide bonds. The number of esters is 1. The molecule has 0 radical (unpaired) electrons. The minimum Gasteiger partial charge on any atom is -0.461 e. The van der Waals surface area contributed by atoms with Crippen LogP contribution in [0.1, 0.15) is 39.0 Å². The molecule has 1 aliphatic rings. The van der Waals surface area contributed by atoms with Gasteiger partial charge in [0.1, 0.15) is 0 Å². The summed E-state index contributed by atoms with van der Waals surface area (Å²) in [5.74, 6) is -0.575. The van der Waals surface area contributed by atoms with Crippen LogP contribution in [-0.4, -0.2) is 39.7 Å². The quantitative estimate of drug-likeness (QED) is 0.613. The largest absolute Gasteiger partial charge is 0.461 e. The number of ether oxygens (including phenoxy) is 1. The summed E-state index contributed by atoms with van der Waals surface area (Å²) in [5.41, 5.74) is 3.36. The van der Waals surface area contributed by atoms with Crippen molar-refractivity contribution in [2.75, 3.05) is 13.2 Å². The van der Waals surface area contributed by atoms with Crippen LogP contribution in [0.5, 0.6) is 0 Å². The van der Waals surface area contributed by atoms with E-state index in [1.54, 1.807) is 40.8 Å². The van der Waals surface area contributed by atoms with Crippen molar-refractivity contribution in [1.82, 2.24) is 14.7 Å². The average molecular weight is 410 g/mol. The number of hydrogen-bond acceptors (Lipinski definition) is 4. The van der Waals surface area contributed by atoms with Crippen LogP contribution in [0.3, 0.4) is 0 Å². The highest BCUT2D eigenvalue weighted by Crippen LogP contribution is 2.27. The van der Waals surface area contributed by atoms with Gasteiger partial charge in [-0.15, -0.1) is 0 Å². The standard InChI is InChI=1S/C22H20ClN3O3/c1-2-29-22(28)20-18-14-25(21(27)15-8-10-16(23)11-9-15)13-12-19(18)26(24-20)17-6-4-3-5-7-17/h3-11H,2,12-14H2,1H3. The maximum Gasteiger partial charge on any atom is 0.359 e. The Morgan fingerprint density at radius 1 is 1.10 bits per heavy atom. The fourth-order valence-corrected chi connectivity index (χ4v) is 3.64. The van der Waals surface area contributed by atoms with Crippen molar-refractivity contribution >= 4 is 23.5 Å². The normalized spacial score (nSPS) is 13.1. The summed E-state index contributed by atoms with van der Waals surface area (Å²) in [6, 6.07) is 16.5. The van der Waals surface area contributed by atoms with Crippen LogP contribution >= 0.6 is 11.6 Å². The lowest BCUT2D eigenvalue weighted by Crippen LogP contribution is -2.36. The lowest BCUT2D eigenvalue weighted by Gasteiger charge is -2.28. The van der Waals surface area contributed by atoms with Crippen molar-refractivity contribution in [2.24, 2.45) is 0 Å². The molecule has 29 heavy (non-hydrogen) atoms. The molecule has 0 aliphatic carbocycles. The Morgan fingerprint density at radius 2 is 1.83 bits per heavy atom. The zero-order valence-corrected chi connectivity index (χ0v) is 16.7. The molecule has 0 unspecified atom stereocenters. The molecular formula is C22H20ClN3O3. The summed E-state index contributed by atoms with van der Waals surface area (Å²) in [5, 5.41) is 5.13. The van der Waals surface area contributed by atoms with Crippen LogP contribution in [0.25, 0.3) is 5.69 Å². The van der Waals surface area contributed by atoms with Crippen molar-refractivity contribution in [3.63, 3.8) is 0 Å². The highest BCUT2D eigenvalue weighted by molar-refractivity contribution is 6.30. The summed E-state index contributed by atoms with van der Waals surface area (Å²) in [6.45, 7) is 2.86. The van der Waals surface area contributed by atoms with Crippen molar-refractivity contribution in [1.29, 1.82) is 0 Å². The second kappa shape index (κ2) is 8.09. The molecule has 0 saturated carbocycles. The van der Waals surface area contributed by atoms with Gasteiger partial charge in [-0.1, -0.05) is 29.8 Å². The third kappa shape index (κ3) is 3.76. The van der Waals surface area contributed by atoms with Gasteiger partial charge in [-0.3, -0.25) is 4.79 Å². The molecule has 0 fully saturated rings. The number of rotatable bonds is 4. The lowest BCUT2D eigenvalue weighted by atomic mass is 10.0. The number of hydrogen-bond donors (Lipinski definition) is 0. The molecule has 1 aliphatic heterocycles. The van der Waals surface area contributed by atoms with Crippen molar-refractivity contribution in [3.05, 3.63) is 82.1 Å². The minimum atomic E-state index is -0.473. The Balaban J connectivity index is 1.70. The van der Waals surface area contributed by atoms with E-state index in [4.69, 9.17) is 16.3 Å². The highest BCUT2D eigenvalue weighted by Gasteiger charge is 2.31. The van der Waals surface area contributed by atoms with E-state index in [9.17, 15) is 9.59 Å². The van der Waals surface area contributed by atoms with Crippen LogP contribution in [-0.2, 0) is 17.7 Å². The summed E-state index contributed by atoms with van der Waals surface area (Å²) in [6.07, 6.45) is 0.593. The predicted octanol–water partition coefficient (Wildman–Crippen LogP) is 3.90. The van der Waals surface area contributed by atoms with Gasteiger partial charge in [0.05, 0.1) is 24.5 Å². The first-order chi connectivity index (χ1) is 14.1. The molecular weight excluding hydrogens is 390 g/mol. The molecule has 4 rings (SSSR count). The van der Waals surface area contributed by atoms with Crippen molar-refractivity contribution < 1.29 is 14.3 Å². The molecule has 2 aromatic carbocycles. The second-order valence-corrected chi connectivity index (χ2v) is 7.16. The first-order valence-electron chi connectivity index (χ1n) is 9.46. The number of benzene rings is 2. The van der Waals surface area contributed by atoms with Crippen LogP contribution in [0.4, 0.5) is 0 Å². The Hall–Kier alpha value is -3.12. The maximum absolute atomic E-state index is 12.9. The van der Waals surface area contributed by atoms with Crippen molar-refractivity contribution in [3.8, 4) is 5.69 Å². The Kier molecular flexibility index (Phi) is 5.36. The van der Waals surface area contributed by atoms with E-state index in [0.29, 0.717) is 30.1 Å². The number of fused-ring (bicyclic) bond motifs is 1. The SMILES string of the molecule is CCOC(=O)c1nn(-c2ccccc2)c2c1CN(C(=O)c1ccc(Cl)cc1)CC2. The van der Waals surface area contributed by atoms with E-state index in [-0.39, 0.29) is 18.2 Å². The Bertz CT molecular complexity index is 1050.